The standard InChI is InChI=1S/C12H20N4O2S/c1-12(18-3)5-4-6-16(7-12)10(17)8-9(13)15-11(14-2)19-8/h4-7,13H2,1-3H3,(H,14,15). The fourth-order valence-corrected chi connectivity index (χ4v) is 3.09. The Morgan fingerprint density at radius 1 is 1.63 bits per heavy atom. The van der Waals surface area contributed by atoms with Crippen molar-refractivity contribution >= 4 is 28.2 Å². The number of aromatic nitrogens is 1. The molecule has 1 aliphatic heterocycles. The van der Waals surface area contributed by atoms with Gasteiger partial charge in [0.2, 0.25) is 0 Å². The van der Waals surface area contributed by atoms with Crippen molar-refractivity contribution in [3.05, 3.63) is 4.88 Å². The molecule has 2 heterocycles. The molecule has 2 rings (SSSR count). The van der Waals surface area contributed by atoms with Crippen LogP contribution in [0.15, 0.2) is 0 Å². The molecule has 106 valence electrons. The quantitative estimate of drug-likeness (QED) is 0.877. The Morgan fingerprint density at radius 2 is 2.37 bits per heavy atom. The van der Waals surface area contributed by atoms with Crippen LogP contribution in [0.1, 0.15) is 29.4 Å². The molecule has 7 heteroatoms. The van der Waals surface area contributed by atoms with E-state index in [1.165, 1.54) is 11.3 Å². The molecule has 0 bridgehead atoms. The molecule has 1 aromatic heterocycles. The molecule has 1 amide bonds. The van der Waals surface area contributed by atoms with Crippen LogP contribution in [-0.4, -0.2) is 48.6 Å². The number of carbonyl (C=O) groups is 1. The number of nitrogens with one attached hydrogen (secondary N) is 1. The van der Waals surface area contributed by atoms with Gasteiger partial charge in [-0.2, -0.15) is 0 Å². The maximum Gasteiger partial charge on any atom is 0.267 e. The first-order valence-electron chi connectivity index (χ1n) is 6.27. The zero-order chi connectivity index (χ0) is 14.0. The van der Waals surface area contributed by atoms with Crippen LogP contribution in [-0.2, 0) is 4.74 Å². The van der Waals surface area contributed by atoms with Crippen LogP contribution >= 0.6 is 11.3 Å². The number of rotatable bonds is 3. The molecule has 1 aliphatic rings. The third-order valence-electron chi connectivity index (χ3n) is 3.50. The minimum atomic E-state index is -0.265. The van der Waals surface area contributed by atoms with Gasteiger partial charge < -0.3 is 20.7 Å². The number of hydrogen-bond acceptors (Lipinski definition) is 6. The third kappa shape index (κ3) is 2.82. The smallest absolute Gasteiger partial charge is 0.267 e. The van der Waals surface area contributed by atoms with Gasteiger partial charge in [0.15, 0.2) is 5.13 Å². The molecular formula is C12H20N4O2S. The number of ether oxygens (including phenoxy) is 1. The molecular weight excluding hydrogens is 264 g/mol. The van der Waals surface area contributed by atoms with Crippen molar-refractivity contribution in [2.45, 2.75) is 25.4 Å². The third-order valence-corrected chi connectivity index (χ3v) is 4.58. The number of methoxy groups -OCH3 is 1. The maximum absolute atomic E-state index is 12.5. The van der Waals surface area contributed by atoms with Gasteiger partial charge in [0, 0.05) is 27.2 Å². The van der Waals surface area contributed by atoms with E-state index in [1.54, 1.807) is 19.1 Å². The number of nitrogens with two attached hydrogens (primary N) is 1. The molecule has 1 aromatic rings. The summed E-state index contributed by atoms with van der Waals surface area (Å²) in [6.45, 7) is 3.36. The number of likely N-dealkylation sites (tertiary alicyclic amines) is 1. The van der Waals surface area contributed by atoms with Crippen LogP contribution in [0.3, 0.4) is 0 Å². The average Bonchev–Trinajstić information content (AvgIpc) is 2.79. The van der Waals surface area contributed by atoms with Gasteiger partial charge in [0.25, 0.3) is 5.91 Å². The molecule has 0 spiro atoms. The average molecular weight is 284 g/mol. The number of hydrogen-bond donors (Lipinski definition) is 2. The topological polar surface area (TPSA) is 80.5 Å². The number of piperidine rings is 1. The number of thiazole rings is 1. The number of nitrogens with zero attached hydrogens (tertiary/aromatic N) is 2. The molecule has 1 atom stereocenters. The Balaban J connectivity index is 2.17. The second-order valence-electron chi connectivity index (χ2n) is 4.97. The minimum Gasteiger partial charge on any atom is -0.382 e. The molecule has 6 nitrogen and oxygen atoms in total. The van der Waals surface area contributed by atoms with Crippen LogP contribution in [0.2, 0.25) is 0 Å². The maximum atomic E-state index is 12.5. The van der Waals surface area contributed by atoms with Gasteiger partial charge in [0.05, 0.1) is 5.60 Å². The van der Waals surface area contributed by atoms with Crippen molar-refractivity contribution in [1.29, 1.82) is 0 Å². The number of carbonyl (C=O) groups excluding carboxylic acids is 1. The predicted octanol–water partition coefficient (Wildman–Crippen LogP) is 1.41. The summed E-state index contributed by atoms with van der Waals surface area (Å²) in [4.78, 5) is 18.9. The summed E-state index contributed by atoms with van der Waals surface area (Å²) < 4.78 is 5.50. The van der Waals surface area contributed by atoms with Crippen molar-refractivity contribution in [2.75, 3.05) is 38.3 Å². The van der Waals surface area contributed by atoms with Crippen LogP contribution in [0.25, 0.3) is 0 Å². The SMILES string of the molecule is CNc1nc(N)c(C(=O)N2CCCC(C)(OC)C2)s1. The first-order chi connectivity index (χ1) is 8.99. The largest absolute Gasteiger partial charge is 0.382 e. The van der Waals surface area contributed by atoms with Gasteiger partial charge in [-0.05, 0) is 19.8 Å². The lowest BCUT2D eigenvalue weighted by Gasteiger charge is -2.39. The summed E-state index contributed by atoms with van der Waals surface area (Å²) in [7, 11) is 3.45. The highest BCUT2D eigenvalue weighted by atomic mass is 32.1. The summed E-state index contributed by atoms with van der Waals surface area (Å²) in [6.07, 6.45) is 1.90. The highest BCUT2D eigenvalue weighted by molar-refractivity contribution is 7.18. The monoisotopic (exact) mass is 284 g/mol. The molecule has 1 unspecified atom stereocenters. The number of nitrogen functional groups attached to an aromatic ring is 1. The van der Waals surface area contributed by atoms with Crippen LogP contribution in [0.5, 0.6) is 0 Å². The predicted molar refractivity (Wildman–Crippen MR) is 76.6 cm³/mol. The van der Waals surface area contributed by atoms with Crippen molar-refractivity contribution in [3.8, 4) is 0 Å². The second kappa shape index (κ2) is 5.34. The van der Waals surface area contributed by atoms with Gasteiger partial charge in [-0.3, -0.25) is 4.79 Å². The van der Waals surface area contributed by atoms with E-state index < -0.39 is 0 Å². The van der Waals surface area contributed by atoms with E-state index in [0.29, 0.717) is 22.4 Å². The summed E-state index contributed by atoms with van der Waals surface area (Å²) >= 11 is 1.29. The second-order valence-corrected chi connectivity index (χ2v) is 5.97. The lowest BCUT2D eigenvalue weighted by molar-refractivity contribution is -0.0438. The molecule has 3 N–H and O–H groups in total. The molecule has 19 heavy (non-hydrogen) atoms. The van der Waals surface area contributed by atoms with Crippen molar-refractivity contribution < 1.29 is 9.53 Å². The highest BCUT2D eigenvalue weighted by Gasteiger charge is 2.34. The molecule has 0 aromatic carbocycles. The first kappa shape index (κ1) is 14.1. The molecule has 0 aliphatic carbocycles. The van der Waals surface area contributed by atoms with Crippen LogP contribution in [0.4, 0.5) is 10.9 Å². The fourth-order valence-electron chi connectivity index (χ4n) is 2.28. The minimum absolute atomic E-state index is 0.0560. The van der Waals surface area contributed by atoms with E-state index in [1.807, 2.05) is 6.92 Å². The Bertz CT molecular complexity index is 476. The van der Waals surface area contributed by atoms with Crippen molar-refractivity contribution in [2.24, 2.45) is 0 Å². The van der Waals surface area contributed by atoms with Crippen LogP contribution in [0, 0.1) is 0 Å². The van der Waals surface area contributed by atoms with Crippen molar-refractivity contribution in [3.63, 3.8) is 0 Å². The lowest BCUT2D eigenvalue weighted by Crippen LogP contribution is -2.49. The van der Waals surface area contributed by atoms with E-state index in [-0.39, 0.29) is 11.5 Å². The van der Waals surface area contributed by atoms with Gasteiger partial charge in [-0.1, -0.05) is 11.3 Å². The lowest BCUT2D eigenvalue weighted by atomic mass is 9.94. The number of amides is 1. The summed E-state index contributed by atoms with van der Waals surface area (Å²) in [5, 5.41) is 3.56. The summed E-state index contributed by atoms with van der Waals surface area (Å²) in [6, 6.07) is 0. The first-order valence-corrected chi connectivity index (χ1v) is 7.09. The molecule has 0 radical (unpaired) electrons. The molecule has 1 fully saturated rings. The van der Waals surface area contributed by atoms with Crippen LogP contribution < -0.4 is 11.1 Å². The Morgan fingerprint density at radius 3 is 2.95 bits per heavy atom. The van der Waals surface area contributed by atoms with Crippen molar-refractivity contribution in [1.82, 2.24) is 9.88 Å². The summed E-state index contributed by atoms with van der Waals surface area (Å²) in [5.41, 5.74) is 5.54. The zero-order valence-corrected chi connectivity index (χ0v) is 12.3. The van der Waals surface area contributed by atoms with Gasteiger partial charge in [-0.25, -0.2) is 4.98 Å². The van der Waals surface area contributed by atoms with Gasteiger partial charge in [-0.15, -0.1) is 0 Å². The zero-order valence-electron chi connectivity index (χ0n) is 11.5. The Hall–Kier alpha value is -1.34. The highest BCUT2D eigenvalue weighted by Crippen LogP contribution is 2.29. The normalized spacial score (nSPS) is 23.4. The summed E-state index contributed by atoms with van der Waals surface area (Å²) in [5.74, 6) is 0.239. The molecule has 0 saturated carbocycles. The van der Waals surface area contributed by atoms with E-state index >= 15 is 0 Å². The van der Waals surface area contributed by atoms with E-state index in [0.717, 1.165) is 19.4 Å². The Labute approximate surface area is 116 Å². The Kier molecular flexibility index (Phi) is 3.96. The number of anilines is 2. The van der Waals surface area contributed by atoms with Gasteiger partial charge >= 0.3 is 0 Å². The van der Waals surface area contributed by atoms with E-state index in [2.05, 4.69) is 10.3 Å². The van der Waals surface area contributed by atoms with E-state index in [9.17, 15) is 4.79 Å². The molecule has 1 saturated heterocycles. The van der Waals surface area contributed by atoms with E-state index in [4.69, 9.17) is 10.5 Å². The van der Waals surface area contributed by atoms with Gasteiger partial charge in [0.1, 0.15) is 10.7 Å². The fraction of sp³-hybridized carbons (Fsp3) is 0.667.